The van der Waals surface area contributed by atoms with Crippen LogP contribution in [-0.2, 0) is 0 Å². The van der Waals surface area contributed by atoms with Gasteiger partial charge in [-0.05, 0) is 66.3 Å². The molecule has 0 spiro atoms. The van der Waals surface area contributed by atoms with Gasteiger partial charge in [-0.15, -0.1) is 0 Å². The maximum absolute atomic E-state index is 12.3. The molecule has 4 nitrogen and oxygen atoms in total. The third-order valence-corrected chi connectivity index (χ3v) is 3.77. The smallest absolute Gasteiger partial charge is 0.337 e. The molecule has 0 aliphatic rings. The van der Waals surface area contributed by atoms with E-state index in [0.717, 1.165) is 14.7 Å². The number of benzene rings is 2. The highest BCUT2D eigenvalue weighted by molar-refractivity contribution is 14.1. The van der Waals surface area contributed by atoms with E-state index in [2.05, 4.69) is 5.32 Å². The molecule has 0 radical (unpaired) electrons. The summed E-state index contributed by atoms with van der Waals surface area (Å²) in [6, 6.07) is 10.5. The molecule has 21 heavy (non-hydrogen) atoms. The van der Waals surface area contributed by atoms with Gasteiger partial charge < -0.3 is 10.4 Å². The fourth-order valence-electron chi connectivity index (χ4n) is 1.97. The van der Waals surface area contributed by atoms with Crippen molar-refractivity contribution < 1.29 is 14.7 Å². The molecule has 0 saturated carbocycles. The Labute approximate surface area is 136 Å². The summed E-state index contributed by atoms with van der Waals surface area (Å²) in [7, 11) is 0. The molecule has 0 fully saturated rings. The maximum atomic E-state index is 12.3. The second-order valence-corrected chi connectivity index (χ2v) is 6.01. The predicted octanol–water partition coefficient (Wildman–Crippen LogP) is 3.86. The minimum absolute atomic E-state index is 0.0838. The van der Waals surface area contributed by atoms with Crippen LogP contribution in [-0.4, -0.2) is 17.0 Å². The van der Waals surface area contributed by atoms with E-state index in [1.165, 1.54) is 6.07 Å². The molecule has 0 aromatic heterocycles. The fraction of sp³-hybridized carbons (Fsp3) is 0.125. The normalized spacial score (nSPS) is 10.2. The van der Waals surface area contributed by atoms with Crippen LogP contribution in [0.2, 0.25) is 0 Å². The number of carbonyl (C=O) groups is 2. The van der Waals surface area contributed by atoms with Crippen LogP contribution in [0.1, 0.15) is 31.8 Å². The third kappa shape index (κ3) is 3.60. The average Bonchev–Trinajstić information content (AvgIpc) is 2.43. The predicted molar refractivity (Wildman–Crippen MR) is 90.0 cm³/mol. The number of anilines is 1. The lowest BCUT2D eigenvalue weighted by Crippen LogP contribution is -2.16. The van der Waals surface area contributed by atoms with E-state index in [1.807, 2.05) is 48.6 Å². The van der Waals surface area contributed by atoms with Crippen molar-refractivity contribution in [2.24, 2.45) is 0 Å². The minimum Gasteiger partial charge on any atom is -0.478 e. The lowest BCUT2D eigenvalue weighted by Gasteiger charge is -2.11. The number of hydrogen-bond acceptors (Lipinski definition) is 2. The number of aromatic carboxylic acids is 1. The monoisotopic (exact) mass is 395 g/mol. The number of halogens is 1. The first-order valence-corrected chi connectivity index (χ1v) is 7.38. The summed E-state index contributed by atoms with van der Waals surface area (Å²) in [4.78, 5) is 23.6. The summed E-state index contributed by atoms with van der Waals surface area (Å²) in [5.74, 6) is -1.37. The zero-order valence-electron chi connectivity index (χ0n) is 11.6. The van der Waals surface area contributed by atoms with E-state index in [1.54, 1.807) is 18.2 Å². The van der Waals surface area contributed by atoms with Crippen LogP contribution in [0.15, 0.2) is 36.4 Å². The molecule has 2 aromatic carbocycles. The van der Waals surface area contributed by atoms with Gasteiger partial charge in [0.05, 0.1) is 11.3 Å². The quantitative estimate of drug-likeness (QED) is 0.776. The van der Waals surface area contributed by atoms with Crippen molar-refractivity contribution in [2.45, 2.75) is 13.8 Å². The Kier molecular flexibility index (Phi) is 4.62. The number of carboxylic acids is 1. The zero-order valence-corrected chi connectivity index (χ0v) is 13.8. The number of amides is 1. The number of nitrogens with one attached hydrogen (secondary N) is 1. The van der Waals surface area contributed by atoms with Gasteiger partial charge in [-0.1, -0.05) is 17.7 Å². The van der Waals surface area contributed by atoms with Crippen molar-refractivity contribution in [3.05, 3.63) is 62.2 Å². The molecule has 2 rings (SSSR count). The van der Waals surface area contributed by atoms with Crippen molar-refractivity contribution in [3.63, 3.8) is 0 Å². The largest absolute Gasteiger partial charge is 0.478 e. The summed E-state index contributed by atoms with van der Waals surface area (Å²) in [5.41, 5.74) is 2.76. The Hall–Kier alpha value is -1.89. The topological polar surface area (TPSA) is 66.4 Å². The van der Waals surface area contributed by atoms with Gasteiger partial charge in [0, 0.05) is 9.13 Å². The SMILES string of the molecule is Cc1ccc(C)c(C(=O)Nc2ccc(I)cc2C(=O)O)c1. The second-order valence-electron chi connectivity index (χ2n) is 4.77. The first-order valence-electron chi connectivity index (χ1n) is 6.30. The summed E-state index contributed by atoms with van der Waals surface area (Å²) >= 11 is 2.03. The van der Waals surface area contributed by atoms with Crippen molar-refractivity contribution in [2.75, 3.05) is 5.32 Å². The zero-order chi connectivity index (χ0) is 15.6. The van der Waals surface area contributed by atoms with Crippen LogP contribution >= 0.6 is 22.6 Å². The molecule has 0 atom stereocenters. The van der Waals surface area contributed by atoms with Gasteiger partial charge in [-0.25, -0.2) is 4.79 Å². The van der Waals surface area contributed by atoms with Crippen molar-refractivity contribution in [1.29, 1.82) is 0 Å². The number of carboxylic acid groups (broad SMARTS) is 1. The number of aryl methyl sites for hydroxylation is 2. The Morgan fingerprint density at radius 3 is 2.43 bits per heavy atom. The Bertz CT molecular complexity index is 725. The molecule has 2 aromatic rings. The van der Waals surface area contributed by atoms with Crippen LogP contribution < -0.4 is 5.32 Å². The molecule has 2 N–H and O–H groups in total. The molecule has 0 unspecified atom stereocenters. The summed E-state index contributed by atoms with van der Waals surface area (Å²) in [5, 5.41) is 11.9. The minimum atomic E-state index is -1.07. The van der Waals surface area contributed by atoms with E-state index in [9.17, 15) is 14.7 Å². The average molecular weight is 395 g/mol. The van der Waals surface area contributed by atoms with Gasteiger partial charge >= 0.3 is 5.97 Å². The number of carbonyl (C=O) groups excluding carboxylic acids is 1. The molecule has 0 aliphatic heterocycles. The molecule has 5 heteroatoms. The van der Waals surface area contributed by atoms with E-state index < -0.39 is 5.97 Å². The van der Waals surface area contributed by atoms with Gasteiger partial charge in [0.2, 0.25) is 0 Å². The van der Waals surface area contributed by atoms with Crippen LogP contribution in [0.5, 0.6) is 0 Å². The first kappa shape index (κ1) is 15.5. The molecule has 0 saturated heterocycles. The van der Waals surface area contributed by atoms with Crippen LogP contribution in [0, 0.1) is 17.4 Å². The molecular formula is C16H14INO3. The summed E-state index contributed by atoms with van der Waals surface area (Å²) in [6.07, 6.45) is 0. The molecule has 0 bridgehead atoms. The second kappa shape index (κ2) is 6.26. The molecular weight excluding hydrogens is 381 g/mol. The van der Waals surface area contributed by atoms with E-state index in [-0.39, 0.29) is 11.5 Å². The Balaban J connectivity index is 2.36. The van der Waals surface area contributed by atoms with Gasteiger partial charge in [-0.3, -0.25) is 4.79 Å². The maximum Gasteiger partial charge on any atom is 0.337 e. The number of rotatable bonds is 3. The van der Waals surface area contributed by atoms with Crippen LogP contribution in [0.4, 0.5) is 5.69 Å². The summed E-state index contributed by atoms with van der Waals surface area (Å²) < 4.78 is 0.801. The highest BCUT2D eigenvalue weighted by Gasteiger charge is 2.15. The molecule has 0 aliphatic carbocycles. The van der Waals surface area contributed by atoms with Crippen molar-refractivity contribution >= 4 is 40.2 Å². The fourth-order valence-corrected chi connectivity index (χ4v) is 2.46. The van der Waals surface area contributed by atoms with E-state index >= 15 is 0 Å². The number of hydrogen-bond donors (Lipinski definition) is 2. The van der Waals surface area contributed by atoms with Crippen molar-refractivity contribution in [1.82, 2.24) is 0 Å². The lowest BCUT2D eigenvalue weighted by atomic mass is 10.0. The van der Waals surface area contributed by atoms with Crippen LogP contribution in [0.25, 0.3) is 0 Å². The highest BCUT2D eigenvalue weighted by Crippen LogP contribution is 2.21. The van der Waals surface area contributed by atoms with Gasteiger partial charge in [0.25, 0.3) is 5.91 Å². The van der Waals surface area contributed by atoms with E-state index in [4.69, 9.17) is 0 Å². The van der Waals surface area contributed by atoms with Crippen molar-refractivity contribution in [3.8, 4) is 0 Å². The third-order valence-electron chi connectivity index (χ3n) is 3.10. The summed E-state index contributed by atoms with van der Waals surface area (Å²) in [6.45, 7) is 3.75. The first-order chi connectivity index (χ1) is 9.88. The lowest BCUT2D eigenvalue weighted by molar-refractivity contribution is 0.0698. The molecule has 108 valence electrons. The molecule has 1 amide bonds. The molecule has 0 heterocycles. The van der Waals surface area contributed by atoms with Gasteiger partial charge in [-0.2, -0.15) is 0 Å². The Morgan fingerprint density at radius 1 is 1.05 bits per heavy atom. The van der Waals surface area contributed by atoms with Crippen LogP contribution in [0.3, 0.4) is 0 Å². The van der Waals surface area contributed by atoms with E-state index in [0.29, 0.717) is 11.3 Å². The van der Waals surface area contributed by atoms with Gasteiger partial charge in [0.15, 0.2) is 0 Å². The van der Waals surface area contributed by atoms with Gasteiger partial charge in [0.1, 0.15) is 0 Å². The standard InChI is InChI=1S/C16H14INO3/c1-9-3-4-10(2)12(7-9)15(19)18-14-6-5-11(17)8-13(14)16(20)21/h3-8H,1-2H3,(H,18,19)(H,20,21). The Morgan fingerprint density at radius 2 is 1.76 bits per heavy atom. The highest BCUT2D eigenvalue weighted by atomic mass is 127.